The number of rotatable bonds is 2. The Balaban J connectivity index is 2.21. The summed E-state index contributed by atoms with van der Waals surface area (Å²) >= 11 is 5.96. The molecule has 0 bridgehead atoms. The molecule has 0 saturated heterocycles. The highest BCUT2D eigenvalue weighted by molar-refractivity contribution is 6.33. The SMILES string of the molecule is Nc1ccc(C(=O)/C2=C/CCCCCC2)cc1Cl. The molecule has 1 aliphatic rings. The Bertz CT molecular complexity index is 479. The van der Waals surface area contributed by atoms with Crippen molar-refractivity contribution in [2.24, 2.45) is 0 Å². The normalized spacial score (nSPS) is 19.5. The molecule has 0 aliphatic heterocycles. The Morgan fingerprint density at radius 3 is 2.72 bits per heavy atom. The summed E-state index contributed by atoms with van der Waals surface area (Å²) in [4.78, 5) is 12.4. The molecule has 18 heavy (non-hydrogen) atoms. The van der Waals surface area contributed by atoms with Gasteiger partial charge in [0.05, 0.1) is 10.7 Å². The second kappa shape index (κ2) is 6.05. The number of hydrogen-bond donors (Lipinski definition) is 1. The summed E-state index contributed by atoms with van der Waals surface area (Å²) in [6, 6.07) is 5.11. The van der Waals surface area contributed by atoms with Gasteiger partial charge in [-0.3, -0.25) is 4.79 Å². The summed E-state index contributed by atoms with van der Waals surface area (Å²) in [5.74, 6) is 0.0961. The first-order valence-corrected chi connectivity index (χ1v) is 6.85. The smallest absolute Gasteiger partial charge is 0.188 e. The highest BCUT2D eigenvalue weighted by atomic mass is 35.5. The number of anilines is 1. The molecule has 3 heteroatoms. The van der Waals surface area contributed by atoms with Crippen molar-refractivity contribution in [3.63, 3.8) is 0 Å². The van der Waals surface area contributed by atoms with Crippen molar-refractivity contribution in [2.45, 2.75) is 38.5 Å². The molecule has 0 fully saturated rings. The number of allylic oxidation sites excluding steroid dienone is 2. The van der Waals surface area contributed by atoms with E-state index in [4.69, 9.17) is 17.3 Å². The van der Waals surface area contributed by atoms with E-state index in [1.54, 1.807) is 18.2 Å². The van der Waals surface area contributed by atoms with Crippen molar-refractivity contribution in [3.05, 3.63) is 40.4 Å². The molecule has 0 spiro atoms. The highest BCUT2D eigenvalue weighted by Gasteiger charge is 2.14. The van der Waals surface area contributed by atoms with Crippen LogP contribution in [-0.2, 0) is 0 Å². The van der Waals surface area contributed by atoms with Crippen LogP contribution in [0, 0.1) is 0 Å². The van der Waals surface area contributed by atoms with Crippen LogP contribution in [0.25, 0.3) is 0 Å². The Labute approximate surface area is 113 Å². The van der Waals surface area contributed by atoms with Gasteiger partial charge in [-0.15, -0.1) is 0 Å². The number of halogens is 1. The zero-order chi connectivity index (χ0) is 13.0. The molecule has 0 atom stereocenters. The minimum absolute atomic E-state index is 0.0961. The van der Waals surface area contributed by atoms with E-state index in [-0.39, 0.29) is 5.78 Å². The molecule has 0 unspecified atom stereocenters. The van der Waals surface area contributed by atoms with E-state index in [9.17, 15) is 4.79 Å². The van der Waals surface area contributed by atoms with Gasteiger partial charge in [-0.25, -0.2) is 0 Å². The molecule has 2 rings (SSSR count). The Morgan fingerprint density at radius 2 is 1.94 bits per heavy atom. The third-order valence-electron chi connectivity index (χ3n) is 3.35. The van der Waals surface area contributed by atoms with Crippen LogP contribution in [0.3, 0.4) is 0 Å². The van der Waals surface area contributed by atoms with E-state index in [2.05, 4.69) is 6.08 Å². The van der Waals surface area contributed by atoms with Crippen molar-refractivity contribution in [1.29, 1.82) is 0 Å². The van der Waals surface area contributed by atoms with Gasteiger partial charge in [0, 0.05) is 5.56 Å². The van der Waals surface area contributed by atoms with Crippen LogP contribution in [-0.4, -0.2) is 5.78 Å². The minimum Gasteiger partial charge on any atom is -0.398 e. The van der Waals surface area contributed by atoms with Gasteiger partial charge in [0.1, 0.15) is 0 Å². The van der Waals surface area contributed by atoms with E-state index < -0.39 is 0 Å². The molecular formula is C15H18ClNO. The molecule has 0 saturated carbocycles. The van der Waals surface area contributed by atoms with Crippen LogP contribution in [0.1, 0.15) is 48.9 Å². The first-order valence-electron chi connectivity index (χ1n) is 6.47. The van der Waals surface area contributed by atoms with Crippen LogP contribution in [0.5, 0.6) is 0 Å². The fourth-order valence-electron chi connectivity index (χ4n) is 2.25. The Kier molecular flexibility index (Phi) is 4.43. The van der Waals surface area contributed by atoms with Gasteiger partial charge in [0.2, 0.25) is 0 Å². The maximum atomic E-state index is 12.4. The number of hydrogen-bond acceptors (Lipinski definition) is 2. The van der Waals surface area contributed by atoms with E-state index in [1.165, 1.54) is 19.3 Å². The third-order valence-corrected chi connectivity index (χ3v) is 3.67. The average molecular weight is 264 g/mol. The molecule has 0 aromatic heterocycles. The van der Waals surface area contributed by atoms with Crippen molar-refractivity contribution in [1.82, 2.24) is 0 Å². The monoisotopic (exact) mass is 263 g/mol. The lowest BCUT2D eigenvalue weighted by molar-refractivity contribution is 0.102. The molecule has 0 heterocycles. The molecule has 0 amide bonds. The number of nitrogens with two attached hydrogens (primary N) is 1. The van der Waals surface area contributed by atoms with Gasteiger partial charge in [-0.05, 0) is 49.5 Å². The van der Waals surface area contributed by atoms with Gasteiger partial charge in [-0.2, -0.15) is 0 Å². The molecule has 96 valence electrons. The van der Waals surface area contributed by atoms with Crippen LogP contribution in [0.2, 0.25) is 5.02 Å². The topological polar surface area (TPSA) is 43.1 Å². The lowest BCUT2D eigenvalue weighted by Gasteiger charge is -2.11. The summed E-state index contributed by atoms with van der Waals surface area (Å²) in [5, 5.41) is 0.451. The Hall–Kier alpha value is -1.28. The minimum atomic E-state index is 0.0961. The lowest BCUT2D eigenvalue weighted by atomic mass is 9.94. The standard InChI is InChI=1S/C15H18ClNO/c16-13-10-12(8-9-14(13)17)15(18)11-6-4-2-1-3-5-7-11/h6,8-10H,1-5,7,17H2/b11-6+. The summed E-state index contributed by atoms with van der Waals surface area (Å²) < 4.78 is 0. The maximum absolute atomic E-state index is 12.4. The number of ketones is 1. The van der Waals surface area contributed by atoms with Gasteiger partial charge in [0.25, 0.3) is 0 Å². The highest BCUT2D eigenvalue weighted by Crippen LogP contribution is 2.24. The molecule has 2 nitrogen and oxygen atoms in total. The molecule has 2 N–H and O–H groups in total. The first-order chi connectivity index (χ1) is 8.68. The first kappa shape index (κ1) is 13.2. The molecule has 0 radical (unpaired) electrons. The maximum Gasteiger partial charge on any atom is 0.188 e. The third kappa shape index (κ3) is 3.14. The van der Waals surface area contributed by atoms with E-state index in [0.717, 1.165) is 24.8 Å². The number of carbonyl (C=O) groups excluding carboxylic acids is 1. The second-order valence-corrected chi connectivity index (χ2v) is 5.15. The Morgan fingerprint density at radius 1 is 1.17 bits per heavy atom. The van der Waals surface area contributed by atoms with Crippen molar-refractivity contribution >= 4 is 23.1 Å². The largest absolute Gasteiger partial charge is 0.398 e. The van der Waals surface area contributed by atoms with Crippen molar-refractivity contribution in [3.8, 4) is 0 Å². The second-order valence-electron chi connectivity index (χ2n) is 4.75. The van der Waals surface area contributed by atoms with E-state index >= 15 is 0 Å². The van der Waals surface area contributed by atoms with Gasteiger partial charge in [0.15, 0.2) is 5.78 Å². The summed E-state index contributed by atoms with van der Waals surface area (Å²) in [6.07, 6.45) is 8.73. The fourth-order valence-corrected chi connectivity index (χ4v) is 2.43. The van der Waals surface area contributed by atoms with Gasteiger partial charge in [-0.1, -0.05) is 30.5 Å². The van der Waals surface area contributed by atoms with Gasteiger partial charge < -0.3 is 5.73 Å². The molecular weight excluding hydrogens is 246 g/mol. The summed E-state index contributed by atoms with van der Waals surface area (Å²) in [7, 11) is 0. The summed E-state index contributed by atoms with van der Waals surface area (Å²) in [6.45, 7) is 0. The summed E-state index contributed by atoms with van der Waals surface area (Å²) in [5.41, 5.74) is 7.74. The predicted octanol–water partition coefficient (Wildman–Crippen LogP) is 4.39. The number of carbonyl (C=O) groups is 1. The molecule has 1 aliphatic carbocycles. The predicted molar refractivity (Wildman–Crippen MR) is 76.0 cm³/mol. The van der Waals surface area contributed by atoms with Crippen LogP contribution in [0.4, 0.5) is 5.69 Å². The quantitative estimate of drug-likeness (QED) is 0.635. The van der Waals surface area contributed by atoms with Crippen molar-refractivity contribution in [2.75, 3.05) is 5.73 Å². The molecule has 1 aromatic carbocycles. The zero-order valence-corrected chi connectivity index (χ0v) is 11.2. The van der Waals surface area contributed by atoms with Gasteiger partial charge >= 0.3 is 0 Å². The van der Waals surface area contributed by atoms with Crippen molar-refractivity contribution < 1.29 is 4.79 Å². The van der Waals surface area contributed by atoms with E-state index in [0.29, 0.717) is 16.3 Å². The van der Waals surface area contributed by atoms with Crippen LogP contribution >= 0.6 is 11.6 Å². The lowest BCUT2D eigenvalue weighted by Crippen LogP contribution is -2.05. The molecule has 1 aromatic rings. The van der Waals surface area contributed by atoms with Crippen LogP contribution in [0.15, 0.2) is 29.8 Å². The number of nitrogen functional groups attached to an aromatic ring is 1. The van der Waals surface area contributed by atoms with Crippen LogP contribution < -0.4 is 5.73 Å². The number of Topliss-reactive ketones (excluding diaryl/α,β-unsaturated/α-hetero) is 1. The number of benzene rings is 1. The zero-order valence-electron chi connectivity index (χ0n) is 10.4. The fraction of sp³-hybridized carbons (Fsp3) is 0.400. The van der Waals surface area contributed by atoms with E-state index in [1.807, 2.05) is 0 Å². The average Bonchev–Trinajstić information content (AvgIpc) is 2.31.